The number of H-pyrrole nitrogens is 1. The number of hydrogen-bond donors (Lipinski definition) is 1. The van der Waals surface area contributed by atoms with Crippen LogP contribution in [0.5, 0.6) is 0 Å². The Bertz CT molecular complexity index is 1070. The maximum absolute atomic E-state index is 12.6. The van der Waals surface area contributed by atoms with Crippen molar-refractivity contribution in [2.45, 2.75) is 19.8 Å². The third-order valence-corrected chi connectivity index (χ3v) is 6.07. The zero-order chi connectivity index (χ0) is 21.1. The Morgan fingerprint density at radius 1 is 1.10 bits per heavy atom. The number of esters is 1. The molecule has 0 aliphatic carbocycles. The van der Waals surface area contributed by atoms with Crippen LogP contribution in [0.3, 0.4) is 0 Å². The molecule has 3 heterocycles. The predicted octanol–water partition coefficient (Wildman–Crippen LogP) is 4.33. The number of aryl methyl sites for hydroxylation is 1. The summed E-state index contributed by atoms with van der Waals surface area (Å²) in [7, 11) is 0. The summed E-state index contributed by atoms with van der Waals surface area (Å²) >= 11 is 1.28. The Morgan fingerprint density at radius 2 is 1.83 bits per heavy atom. The van der Waals surface area contributed by atoms with Gasteiger partial charge in [0.2, 0.25) is 5.78 Å². The zero-order valence-corrected chi connectivity index (χ0v) is 17.5. The molecule has 0 atom stereocenters. The second-order valence-electron chi connectivity index (χ2n) is 7.33. The molecular weight excluding hydrogens is 400 g/mol. The van der Waals surface area contributed by atoms with Gasteiger partial charge in [-0.25, -0.2) is 4.79 Å². The van der Waals surface area contributed by atoms with Gasteiger partial charge in [-0.3, -0.25) is 9.59 Å². The largest absolute Gasteiger partial charge is 0.453 e. The van der Waals surface area contributed by atoms with Crippen molar-refractivity contribution in [3.05, 3.63) is 69.7 Å². The van der Waals surface area contributed by atoms with Gasteiger partial charge in [0.15, 0.2) is 6.61 Å². The van der Waals surface area contributed by atoms with Gasteiger partial charge in [-0.2, -0.15) is 0 Å². The minimum absolute atomic E-state index is 0.107. The molecule has 6 nitrogen and oxygen atoms in total. The Hall–Kier alpha value is -3.19. The van der Waals surface area contributed by atoms with Gasteiger partial charge in [0.25, 0.3) is 5.91 Å². The molecule has 1 saturated heterocycles. The number of aromatic amines is 1. The average Bonchev–Trinajstić information content (AvgIpc) is 3.52. The average molecular weight is 423 g/mol. The number of amides is 1. The first-order chi connectivity index (χ1) is 14.5. The summed E-state index contributed by atoms with van der Waals surface area (Å²) in [6.45, 7) is 3.11. The third-order valence-electron chi connectivity index (χ3n) is 5.18. The van der Waals surface area contributed by atoms with E-state index in [1.807, 2.05) is 42.6 Å². The number of Topliss-reactive ketones (excluding diaryl/α,β-unsaturated/α-hetero) is 1. The van der Waals surface area contributed by atoms with E-state index in [0.29, 0.717) is 16.1 Å². The fourth-order valence-electron chi connectivity index (χ4n) is 3.48. The van der Waals surface area contributed by atoms with Crippen molar-refractivity contribution in [1.29, 1.82) is 0 Å². The third kappa shape index (κ3) is 4.21. The lowest BCUT2D eigenvalue weighted by atomic mass is 10.1. The van der Waals surface area contributed by atoms with E-state index >= 15 is 0 Å². The Labute approximate surface area is 178 Å². The highest BCUT2D eigenvalue weighted by atomic mass is 32.1. The molecule has 0 bridgehead atoms. The molecule has 0 saturated carbocycles. The smallest absolute Gasteiger partial charge is 0.349 e. The van der Waals surface area contributed by atoms with Crippen LogP contribution in [0, 0.1) is 6.92 Å². The lowest BCUT2D eigenvalue weighted by molar-refractivity contribution is 0.0480. The van der Waals surface area contributed by atoms with Crippen molar-refractivity contribution in [2.24, 2.45) is 0 Å². The number of hydrogen-bond acceptors (Lipinski definition) is 5. The van der Waals surface area contributed by atoms with Crippen LogP contribution in [-0.4, -0.2) is 47.2 Å². The van der Waals surface area contributed by atoms with Crippen LogP contribution in [0.25, 0.3) is 11.1 Å². The van der Waals surface area contributed by atoms with Crippen LogP contribution in [-0.2, 0) is 4.74 Å². The molecular formula is C23H22N2O4S. The molecule has 7 heteroatoms. The number of nitrogens with one attached hydrogen (secondary N) is 1. The lowest BCUT2D eigenvalue weighted by Crippen LogP contribution is -2.27. The maximum atomic E-state index is 12.6. The van der Waals surface area contributed by atoms with Gasteiger partial charge in [-0.1, -0.05) is 29.8 Å². The molecule has 1 amide bonds. The number of benzene rings is 1. The summed E-state index contributed by atoms with van der Waals surface area (Å²) in [5.41, 5.74) is 3.56. The van der Waals surface area contributed by atoms with Crippen LogP contribution < -0.4 is 0 Å². The molecule has 1 aliphatic heterocycles. The van der Waals surface area contributed by atoms with Gasteiger partial charge in [-0.15, -0.1) is 11.3 Å². The normalized spacial score (nSPS) is 13.4. The maximum Gasteiger partial charge on any atom is 0.349 e. The first-order valence-corrected chi connectivity index (χ1v) is 10.7. The van der Waals surface area contributed by atoms with E-state index in [0.717, 1.165) is 42.6 Å². The van der Waals surface area contributed by atoms with Gasteiger partial charge >= 0.3 is 5.97 Å². The molecule has 0 unspecified atom stereocenters. The van der Waals surface area contributed by atoms with E-state index in [2.05, 4.69) is 4.98 Å². The SMILES string of the molecule is Cc1ccc(-c2ccsc2C(=O)OCC(=O)c2c[nH]c(C(=O)N3CCCC3)c2)cc1. The summed E-state index contributed by atoms with van der Waals surface area (Å²) in [5.74, 6) is -0.990. The van der Waals surface area contributed by atoms with E-state index in [4.69, 9.17) is 4.74 Å². The predicted molar refractivity (Wildman–Crippen MR) is 115 cm³/mol. The second kappa shape index (κ2) is 8.67. The summed E-state index contributed by atoms with van der Waals surface area (Å²) < 4.78 is 5.27. The van der Waals surface area contributed by atoms with Crippen molar-refractivity contribution >= 4 is 29.0 Å². The number of nitrogens with zero attached hydrogens (tertiary/aromatic N) is 1. The number of ketones is 1. The standard InChI is InChI=1S/C23H22N2O4S/c1-15-4-6-16(7-5-15)18-8-11-30-21(18)23(28)29-14-20(26)17-12-19(24-13-17)22(27)25-9-2-3-10-25/h4-8,11-13,24H,2-3,9-10,14H2,1H3. The first-order valence-electron chi connectivity index (χ1n) is 9.85. The Kier molecular flexibility index (Phi) is 5.81. The minimum atomic E-state index is -0.530. The summed E-state index contributed by atoms with van der Waals surface area (Å²) in [6, 6.07) is 11.3. The van der Waals surface area contributed by atoms with Gasteiger partial charge in [-0.05, 0) is 42.8 Å². The molecule has 0 radical (unpaired) electrons. The van der Waals surface area contributed by atoms with E-state index in [9.17, 15) is 14.4 Å². The fraction of sp³-hybridized carbons (Fsp3) is 0.261. The Balaban J connectivity index is 1.39. The van der Waals surface area contributed by atoms with E-state index in [-0.39, 0.29) is 18.3 Å². The van der Waals surface area contributed by atoms with Crippen molar-refractivity contribution in [3.63, 3.8) is 0 Å². The fourth-order valence-corrected chi connectivity index (χ4v) is 4.29. The quantitative estimate of drug-likeness (QED) is 0.474. The van der Waals surface area contributed by atoms with Crippen LogP contribution in [0.1, 0.15) is 48.9 Å². The monoisotopic (exact) mass is 422 g/mol. The van der Waals surface area contributed by atoms with E-state index in [1.54, 1.807) is 4.90 Å². The van der Waals surface area contributed by atoms with Crippen molar-refractivity contribution in [1.82, 2.24) is 9.88 Å². The second-order valence-corrected chi connectivity index (χ2v) is 8.25. The number of carbonyl (C=O) groups is 3. The van der Waals surface area contributed by atoms with E-state index < -0.39 is 5.97 Å². The molecule has 4 rings (SSSR count). The van der Waals surface area contributed by atoms with Crippen molar-refractivity contribution < 1.29 is 19.1 Å². The number of ether oxygens (including phenoxy) is 1. The van der Waals surface area contributed by atoms with Gasteiger partial charge < -0.3 is 14.6 Å². The van der Waals surface area contributed by atoms with Gasteiger partial charge in [0.1, 0.15) is 10.6 Å². The molecule has 1 aromatic carbocycles. The number of thiophene rings is 1. The number of likely N-dealkylation sites (tertiary alicyclic amines) is 1. The van der Waals surface area contributed by atoms with Crippen LogP contribution in [0.15, 0.2) is 48.0 Å². The van der Waals surface area contributed by atoms with Crippen LogP contribution in [0.4, 0.5) is 0 Å². The molecule has 1 N–H and O–H groups in total. The summed E-state index contributed by atoms with van der Waals surface area (Å²) in [4.78, 5) is 42.5. The van der Waals surface area contributed by atoms with Gasteiger partial charge in [0.05, 0.1) is 0 Å². The highest BCUT2D eigenvalue weighted by molar-refractivity contribution is 7.12. The van der Waals surface area contributed by atoms with Crippen LogP contribution >= 0.6 is 11.3 Å². The topological polar surface area (TPSA) is 79.5 Å². The number of carbonyl (C=O) groups excluding carboxylic acids is 3. The molecule has 1 aliphatic rings. The summed E-state index contributed by atoms with van der Waals surface area (Å²) in [5, 5.41) is 1.83. The van der Waals surface area contributed by atoms with Gasteiger partial charge in [0, 0.05) is 30.4 Å². The number of rotatable bonds is 6. The summed E-state index contributed by atoms with van der Waals surface area (Å²) in [6.07, 6.45) is 3.49. The van der Waals surface area contributed by atoms with Crippen molar-refractivity contribution in [3.8, 4) is 11.1 Å². The highest BCUT2D eigenvalue weighted by Crippen LogP contribution is 2.29. The van der Waals surface area contributed by atoms with E-state index in [1.165, 1.54) is 23.6 Å². The zero-order valence-electron chi connectivity index (χ0n) is 16.6. The molecule has 1 fully saturated rings. The molecule has 30 heavy (non-hydrogen) atoms. The van der Waals surface area contributed by atoms with Crippen LogP contribution in [0.2, 0.25) is 0 Å². The molecule has 2 aromatic heterocycles. The molecule has 154 valence electrons. The van der Waals surface area contributed by atoms with Crippen molar-refractivity contribution in [2.75, 3.05) is 19.7 Å². The highest BCUT2D eigenvalue weighted by Gasteiger charge is 2.23. The number of aromatic nitrogens is 1. The minimum Gasteiger partial charge on any atom is -0.453 e. The first kappa shape index (κ1) is 20.1. The lowest BCUT2D eigenvalue weighted by Gasteiger charge is -2.13. The molecule has 3 aromatic rings. The Morgan fingerprint density at radius 3 is 2.57 bits per heavy atom. The molecule has 0 spiro atoms.